The zero-order valence-electron chi connectivity index (χ0n) is 18.3. The van der Waals surface area contributed by atoms with Crippen molar-refractivity contribution in [3.63, 3.8) is 0 Å². The molecule has 29 heavy (non-hydrogen) atoms. The molecule has 1 saturated carbocycles. The van der Waals surface area contributed by atoms with E-state index < -0.39 is 0 Å². The van der Waals surface area contributed by atoms with E-state index in [1.807, 2.05) is 0 Å². The van der Waals surface area contributed by atoms with Crippen LogP contribution in [0.5, 0.6) is 0 Å². The highest BCUT2D eigenvalue weighted by molar-refractivity contribution is 6.03. The van der Waals surface area contributed by atoms with Crippen LogP contribution in [0, 0.1) is 16.7 Å². The third kappa shape index (κ3) is 3.64. The summed E-state index contributed by atoms with van der Waals surface area (Å²) in [4.78, 5) is 31.0. The van der Waals surface area contributed by atoms with E-state index in [1.54, 1.807) is 14.7 Å². The summed E-state index contributed by atoms with van der Waals surface area (Å²) in [6.07, 6.45) is 2.63. The van der Waals surface area contributed by atoms with E-state index in [9.17, 15) is 9.59 Å². The average Bonchev–Trinajstić information content (AvgIpc) is 2.90. The highest BCUT2D eigenvalue weighted by atomic mass is 16.2. The number of imide groups is 1. The molecule has 1 aromatic rings. The number of likely N-dealkylation sites (tertiary alicyclic amines) is 1. The van der Waals surface area contributed by atoms with Crippen molar-refractivity contribution in [2.24, 2.45) is 16.7 Å². The number of piperazine rings is 1. The summed E-state index contributed by atoms with van der Waals surface area (Å²) in [5.41, 5.74) is 0.838. The van der Waals surface area contributed by atoms with Gasteiger partial charge in [-0.1, -0.05) is 51.1 Å². The number of rotatable bonds is 6. The van der Waals surface area contributed by atoms with Crippen molar-refractivity contribution in [2.45, 2.75) is 46.6 Å². The van der Waals surface area contributed by atoms with E-state index in [-0.39, 0.29) is 28.6 Å². The lowest BCUT2D eigenvalue weighted by molar-refractivity contribution is -1.02. The molecule has 1 aliphatic carbocycles. The van der Waals surface area contributed by atoms with Crippen LogP contribution in [0.3, 0.4) is 0 Å². The van der Waals surface area contributed by atoms with Gasteiger partial charge in [-0.2, -0.15) is 0 Å². The Bertz CT molecular complexity index is 755. The van der Waals surface area contributed by atoms with Crippen LogP contribution >= 0.6 is 0 Å². The number of carbonyl (C=O) groups is 2. The lowest BCUT2D eigenvalue weighted by Crippen LogP contribution is -3.27. The molecule has 158 valence electrons. The van der Waals surface area contributed by atoms with Crippen LogP contribution in [0.2, 0.25) is 0 Å². The molecule has 3 fully saturated rings. The molecule has 0 spiro atoms. The Balaban J connectivity index is 1.24. The van der Waals surface area contributed by atoms with E-state index >= 15 is 0 Å². The Hall–Kier alpha value is -1.72. The lowest BCUT2D eigenvalue weighted by Gasteiger charge is -2.47. The SMILES string of the molecule is CC1(C)[C@H]2CC[C@]1(C)C(=O)N(CCC[NH+]1CC[NH+](Cc3ccccc3)CC1)C2=O. The number of fused-ring (bicyclic) bond motifs is 2. The Morgan fingerprint density at radius 3 is 2.34 bits per heavy atom. The average molecular weight is 400 g/mol. The number of hydrogen-bond acceptors (Lipinski definition) is 2. The molecular weight excluding hydrogens is 362 g/mol. The Kier molecular flexibility index (Phi) is 5.56. The second-order valence-corrected chi connectivity index (χ2v) is 10.2. The second kappa shape index (κ2) is 7.84. The second-order valence-electron chi connectivity index (χ2n) is 10.2. The number of amides is 2. The van der Waals surface area contributed by atoms with Crippen LogP contribution < -0.4 is 9.80 Å². The van der Waals surface area contributed by atoms with Crippen molar-refractivity contribution < 1.29 is 19.4 Å². The monoisotopic (exact) mass is 399 g/mol. The lowest BCUT2D eigenvalue weighted by atomic mass is 9.62. The first-order valence-corrected chi connectivity index (χ1v) is 11.4. The van der Waals surface area contributed by atoms with Crippen molar-refractivity contribution >= 4 is 11.8 Å². The third-order valence-electron chi connectivity index (χ3n) is 8.38. The van der Waals surface area contributed by atoms with Crippen molar-refractivity contribution in [1.29, 1.82) is 0 Å². The molecule has 0 aromatic heterocycles. The molecule has 5 heteroatoms. The van der Waals surface area contributed by atoms with Crippen LogP contribution in [0.25, 0.3) is 0 Å². The minimum atomic E-state index is -0.370. The van der Waals surface area contributed by atoms with Gasteiger partial charge in [-0.3, -0.25) is 14.5 Å². The van der Waals surface area contributed by atoms with Gasteiger partial charge in [0.05, 0.1) is 12.0 Å². The first kappa shape index (κ1) is 20.5. The summed E-state index contributed by atoms with van der Waals surface area (Å²) in [6, 6.07) is 10.7. The predicted octanol–water partition coefficient (Wildman–Crippen LogP) is 0.171. The maximum Gasteiger partial charge on any atom is 0.235 e. The normalized spacial score (nSPS) is 33.9. The van der Waals surface area contributed by atoms with Crippen molar-refractivity contribution in [3.8, 4) is 0 Å². The summed E-state index contributed by atoms with van der Waals surface area (Å²) >= 11 is 0. The molecule has 2 saturated heterocycles. The maximum absolute atomic E-state index is 13.1. The van der Waals surface area contributed by atoms with Gasteiger partial charge in [0.25, 0.3) is 0 Å². The number of nitrogens with zero attached hydrogens (tertiary/aromatic N) is 1. The zero-order chi connectivity index (χ0) is 20.6. The topological polar surface area (TPSA) is 46.3 Å². The molecule has 4 rings (SSSR count). The van der Waals surface area contributed by atoms with Gasteiger partial charge in [0.15, 0.2) is 0 Å². The zero-order valence-corrected chi connectivity index (χ0v) is 18.3. The van der Waals surface area contributed by atoms with Gasteiger partial charge >= 0.3 is 0 Å². The Labute approximate surface area is 175 Å². The Morgan fingerprint density at radius 1 is 1.00 bits per heavy atom. The van der Waals surface area contributed by atoms with Crippen LogP contribution in [0.4, 0.5) is 0 Å². The van der Waals surface area contributed by atoms with Gasteiger partial charge in [-0.05, 0) is 18.3 Å². The molecule has 3 aliphatic rings. The van der Waals surface area contributed by atoms with Gasteiger partial charge in [0, 0.05) is 24.4 Å². The summed E-state index contributed by atoms with van der Waals surface area (Å²) in [7, 11) is 0. The molecule has 2 atom stereocenters. The van der Waals surface area contributed by atoms with Gasteiger partial charge in [-0.15, -0.1) is 0 Å². The van der Waals surface area contributed by atoms with Crippen LogP contribution in [0.1, 0.15) is 45.6 Å². The summed E-state index contributed by atoms with van der Waals surface area (Å²) in [5.74, 6) is 0.179. The van der Waals surface area contributed by atoms with Crippen molar-refractivity contribution in [3.05, 3.63) is 35.9 Å². The summed E-state index contributed by atoms with van der Waals surface area (Å²) in [6.45, 7) is 13.8. The van der Waals surface area contributed by atoms with Crippen molar-refractivity contribution in [2.75, 3.05) is 39.3 Å². The van der Waals surface area contributed by atoms with E-state index in [0.29, 0.717) is 6.54 Å². The quantitative estimate of drug-likeness (QED) is 0.670. The summed E-state index contributed by atoms with van der Waals surface area (Å²) in [5, 5.41) is 0. The fourth-order valence-corrected chi connectivity index (χ4v) is 5.87. The number of quaternary nitrogens is 2. The minimum absolute atomic E-state index is 0.0164. The van der Waals surface area contributed by atoms with Crippen molar-refractivity contribution in [1.82, 2.24) is 4.90 Å². The molecule has 2 aliphatic heterocycles. The molecule has 5 nitrogen and oxygen atoms in total. The molecule has 1 aromatic carbocycles. The molecular formula is C24H37N3O2+2. The molecule has 2 bridgehead atoms. The fraction of sp³-hybridized carbons (Fsp3) is 0.667. The smallest absolute Gasteiger partial charge is 0.235 e. The van der Waals surface area contributed by atoms with Gasteiger partial charge < -0.3 is 9.80 Å². The standard InChI is InChI=1S/C24H35N3O2/c1-23(2)20-10-11-24(23,3)22(29)27(21(20)28)13-7-12-25-14-16-26(17-15-25)18-19-8-5-4-6-9-19/h4-6,8-9,20H,7,10-18H2,1-3H3/p+2/t20-,24+/m0/s1. The minimum Gasteiger partial charge on any atom is -0.326 e. The molecule has 0 radical (unpaired) electrons. The Morgan fingerprint density at radius 2 is 1.66 bits per heavy atom. The molecule has 2 N–H and O–H groups in total. The highest BCUT2D eigenvalue weighted by Gasteiger charge is 2.64. The number of carbonyl (C=O) groups excluding carboxylic acids is 2. The van der Waals surface area contributed by atoms with E-state index in [2.05, 4.69) is 51.1 Å². The first-order valence-electron chi connectivity index (χ1n) is 11.4. The van der Waals surface area contributed by atoms with E-state index in [0.717, 1.165) is 32.4 Å². The van der Waals surface area contributed by atoms with E-state index in [4.69, 9.17) is 0 Å². The molecule has 2 heterocycles. The first-order chi connectivity index (χ1) is 13.8. The number of piperidine rings is 1. The highest BCUT2D eigenvalue weighted by Crippen LogP contribution is 2.59. The van der Waals surface area contributed by atoms with E-state index in [1.165, 1.54) is 31.7 Å². The van der Waals surface area contributed by atoms with Gasteiger partial charge in [0.2, 0.25) is 11.8 Å². The van der Waals surface area contributed by atoms with Gasteiger partial charge in [0.1, 0.15) is 32.7 Å². The third-order valence-corrected chi connectivity index (χ3v) is 8.38. The van der Waals surface area contributed by atoms with Crippen LogP contribution in [-0.2, 0) is 16.1 Å². The number of benzene rings is 1. The predicted molar refractivity (Wildman–Crippen MR) is 112 cm³/mol. The van der Waals surface area contributed by atoms with Crippen LogP contribution in [0.15, 0.2) is 30.3 Å². The largest absolute Gasteiger partial charge is 0.326 e. The molecule has 2 amide bonds. The molecule has 0 unspecified atom stereocenters. The fourth-order valence-electron chi connectivity index (χ4n) is 5.87. The van der Waals surface area contributed by atoms with Crippen LogP contribution in [-0.4, -0.2) is 56.0 Å². The number of nitrogens with one attached hydrogen (secondary N) is 2. The number of hydrogen-bond donors (Lipinski definition) is 2. The summed E-state index contributed by atoms with van der Waals surface area (Å²) < 4.78 is 0. The maximum atomic E-state index is 13.1. The van der Waals surface area contributed by atoms with Gasteiger partial charge in [-0.25, -0.2) is 0 Å².